The van der Waals surface area contributed by atoms with Gasteiger partial charge in [0.1, 0.15) is 0 Å². The van der Waals surface area contributed by atoms with Gasteiger partial charge in [0, 0.05) is 5.54 Å². The fourth-order valence-electron chi connectivity index (χ4n) is 2.20. The quantitative estimate of drug-likeness (QED) is 0.711. The molecule has 0 amide bonds. The monoisotopic (exact) mass is 197 g/mol. The number of rotatable bonds is 2. The molecule has 0 bridgehead atoms. The molecule has 0 radical (unpaired) electrons. The molecule has 1 saturated carbocycles. The molecule has 1 aliphatic carbocycles. The average Bonchev–Trinajstić information content (AvgIpc) is 2.00. The highest BCUT2D eigenvalue weighted by Gasteiger charge is 2.14. The highest BCUT2D eigenvalue weighted by atomic mass is 14.9. The van der Waals surface area contributed by atoms with Gasteiger partial charge >= 0.3 is 0 Å². The molecule has 0 saturated heterocycles. The Morgan fingerprint density at radius 3 is 1.93 bits per heavy atom. The molecule has 0 aromatic rings. The van der Waals surface area contributed by atoms with E-state index in [1.54, 1.807) is 0 Å². The smallest absolute Gasteiger partial charge is 0.00966 e. The van der Waals surface area contributed by atoms with E-state index in [9.17, 15) is 0 Å². The summed E-state index contributed by atoms with van der Waals surface area (Å²) in [6.07, 6.45) is 10.2. The summed E-state index contributed by atoms with van der Waals surface area (Å²) in [5, 5.41) is 3.64. The first-order valence-electron chi connectivity index (χ1n) is 6.33. The van der Waals surface area contributed by atoms with Crippen molar-refractivity contribution >= 4 is 0 Å². The van der Waals surface area contributed by atoms with Crippen molar-refractivity contribution in [3.8, 4) is 0 Å². The molecule has 1 N–H and O–H groups in total. The van der Waals surface area contributed by atoms with Crippen molar-refractivity contribution in [2.75, 3.05) is 6.54 Å². The molecule has 1 aliphatic rings. The highest BCUT2D eigenvalue weighted by molar-refractivity contribution is 4.74. The van der Waals surface area contributed by atoms with E-state index in [1.807, 2.05) is 0 Å². The summed E-state index contributed by atoms with van der Waals surface area (Å²) in [7, 11) is 0. The van der Waals surface area contributed by atoms with Gasteiger partial charge in [0.15, 0.2) is 0 Å². The summed E-state index contributed by atoms with van der Waals surface area (Å²) < 4.78 is 0. The van der Waals surface area contributed by atoms with Crippen molar-refractivity contribution in [1.82, 2.24) is 5.32 Å². The van der Waals surface area contributed by atoms with Crippen LogP contribution in [-0.2, 0) is 0 Å². The molecule has 84 valence electrons. The third-order valence-electron chi connectivity index (χ3n) is 3.15. The predicted molar refractivity (Wildman–Crippen MR) is 63.6 cm³/mol. The van der Waals surface area contributed by atoms with Crippen molar-refractivity contribution in [2.24, 2.45) is 5.92 Å². The minimum atomic E-state index is 0.294. The Hall–Kier alpha value is -0.0400. The maximum Gasteiger partial charge on any atom is 0.00966 e. The maximum atomic E-state index is 3.64. The number of hydrogen-bond donors (Lipinski definition) is 1. The molecule has 0 unspecified atom stereocenters. The first-order chi connectivity index (χ1) is 6.58. The van der Waals surface area contributed by atoms with Crippen LogP contribution < -0.4 is 5.32 Å². The van der Waals surface area contributed by atoms with Crippen molar-refractivity contribution in [3.63, 3.8) is 0 Å². The Balaban J connectivity index is 2.20. The van der Waals surface area contributed by atoms with Crippen molar-refractivity contribution in [2.45, 2.75) is 71.3 Å². The van der Waals surface area contributed by atoms with Crippen molar-refractivity contribution in [3.05, 3.63) is 0 Å². The summed E-state index contributed by atoms with van der Waals surface area (Å²) in [6.45, 7) is 8.01. The zero-order chi connectivity index (χ0) is 10.4. The van der Waals surface area contributed by atoms with Gasteiger partial charge in [-0.1, -0.05) is 32.1 Å². The Morgan fingerprint density at radius 1 is 0.929 bits per heavy atom. The van der Waals surface area contributed by atoms with Crippen LogP contribution in [0.15, 0.2) is 0 Å². The van der Waals surface area contributed by atoms with Crippen LogP contribution in [0.4, 0.5) is 0 Å². The molecule has 0 atom stereocenters. The van der Waals surface area contributed by atoms with E-state index in [-0.39, 0.29) is 0 Å². The summed E-state index contributed by atoms with van der Waals surface area (Å²) in [6, 6.07) is 0. The predicted octanol–water partition coefficient (Wildman–Crippen LogP) is 3.74. The normalized spacial score (nSPS) is 21.6. The first-order valence-corrected chi connectivity index (χ1v) is 6.33. The van der Waals surface area contributed by atoms with E-state index in [0.717, 1.165) is 5.92 Å². The second kappa shape index (κ2) is 5.75. The molecule has 1 fully saturated rings. The first kappa shape index (κ1) is 12.0. The highest BCUT2D eigenvalue weighted by Crippen LogP contribution is 2.22. The molecule has 1 nitrogen and oxygen atoms in total. The largest absolute Gasteiger partial charge is 0.312 e. The van der Waals surface area contributed by atoms with Gasteiger partial charge in [0.25, 0.3) is 0 Å². The summed E-state index contributed by atoms with van der Waals surface area (Å²) in [5.74, 6) is 0.939. The Kier molecular flexibility index (Phi) is 4.94. The Bertz CT molecular complexity index is 138. The molecular weight excluding hydrogens is 170 g/mol. The second-order valence-electron chi connectivity index (χ2n) is 5.84. The van der Waals surface area contributed by atoms with Gasteiger partial charge in [0.2, 0.25) is 0 Å². The molecule has 0 spiro atoms. The van der Waals surface area contributed by atoms with Crippen LogP contribution in [0.5, 0.6) is 0 Å². The van der Waals surface area contributed by atoms with E-state index in [4.69, 9.17) is 0 Å². The van der Waals surface area contributed by atoms with Gasteiger partial charge in [0.05, 0.1) is 0 Å². The van der Waals surface area contributed by atoms with Gasteiger partial charge in [-0.15, -0.1) is 0 Å². The van der Waals surface area contributed by atoms with Crippen LogP contribution in [0.25, 0.3) is 0 Å². The third kappa shape index (κ3) is 5.64. The van der Waals surface area contributed by atoms with Gasteiger partial charge < -0.3 is 5.32 Å². The lowest BCUT2D eigenvalue weighted by molar-refractivity contribution is 0.318. The molecule has 0 aromatic carbocycles. The van der Waals surface area contributed by atoms with Crippen LogP contribution in [0, 0.1) is 5.92 Å². The SMILES string of the molecule is CC(C)(C)NCC1CCCCCCC1. The lowest BCUT2D eigenvalue weighted by Gasteiger charge is -2.26. The third-order valence-corrected chi connectivity index (χ3v) is 3.15. The molecule has 14 heavy (non-hydrogen) atoms. The van der Waals surface area contributed by atoms with E-state index >= 15 is 0 Å². The van der Waals surface area contributed by atoms with Crippen LogP contribution in [0.1, 0.15) is 65.7 Å². The molecule has 0 heterocycles. The Labute approximate surface area is 89.7 Å². The van der Waals surface area contributed by atoms with E-state index in [1.165, 1.54) is 51.5 Å². The fourth-order valence-corrected chi connectivity index (χ4v) is 2.20. The lowest BCUT2D eigenvalue weighted by atomic mass is 9.90. The lowest BCUT2D eigenvalue weighted by Crippen LogP contribution is -2.39. The topological polar surface area (TPSA) is 12.0 Å². The van der Waals surface area contributed by atoms with Gasteiger partial charge in [-0.3, -0.25) is 0 Å². The summed E-state index contributed by atoms with van der Waals surface area (Å²) >= 11 is 0. The molecule has 0 aromatic heterocycles. The van der Waals surface area contributed by atoms with E-state index in [2.05, 4.69) is 26.1 Å². The van der Waals surface area contributed by atoms with E-state index in [0.29, 0.717) is 5.54 Å². The van der Waals surface area contributed by atoms with Crippen LogP contribution in [0.3, 0.4) is 0 Å². The fraction of sp³-hybridized carbons (Fsp3) is 1.00. The minimum Gasteiger partial charge on any atom is -0.312 e. The Morgan fingerprint density at radius 2 is 1.43 bits per heavy atom. The number of hydrogen-bond acceptors (Lipinski definition) is 1. The van der Waals surface area contributed by atoms with Crippen molar-refractivity contribution in [1.29, 1.82) is 0 Å². The average molecular weight is 197 g/mol. The second-order valence-corrected chi connectivity index (χ2v) is 5.84. The van der Waals surface area contributed by atoms with Crippen molar-refractivity contribution < 1.29 is 0 Å². The summed E-state index contributed by atoms with van der Waals surface area (Å²) in [5.41, 5.74) is 0.294. The standard InChI is InChI=1S/C13H27N/c1-13(2,3)14-11-12-9-7-5-4-6-8-10-12/h12,14H,4-11H2,1-3H3. The van der Waals surface area contributed by atoms with Gasteiger partial charge in [-0.05, 0) is 46.1 Å². The van der Waals surface area contributed by atoms with Gasteiger partial charge in [-0.2, -0.15) is 0 Å². The minimum absolute atomic E-state index is 0.294. The summed E-state index contributed by atoms with van der Waals surface area (Å²) in [4.78, 5) is 0. The van der Waals surface area contributed by atoms with E-state index < -0.39 is 0 Å². The molecule has 1 rings (SSSR count). The van der Waals surface area contributed by atoms with Crippen LogP contribution in [-0.4, -0.2) is 12.1 Å². The molecule has 0 aliphatic heterocycles. The zero-order valence-corrected chi connectivity index (χ0v) is 10.2. The van der Waals surface area contributed by atoms with Crippen LogP contribution >= 0.6 is 0 Å². The molecule has 1 heteroatoms. The number of nitrogens with one attached hydrogen (secondary N) is 1. The van der Waals surface area contributed by atoms with Crippen LogP contribution in [0.2, 0.25) is 0 Å². The van der Waals surface area contributed by atoms with Gasteiger partial charge in [-0.25, -0.2) is 0 Å². The molecular formula is C13H27N. The maximum absolute atomic E-state index is 3.64. The zero-order valence-electron chi connectivity index (χ0n) is 10.2.